The number of rotatable bonds is 7. The van der Waals surface area contributed by atoms with E-state index in [9.17, 15) is 10.1 Å². The van der Waals surface area contributed by atoms with Crippen LogP contribution in [-0.4, -0.2) is 26.4 Å². The number of aromatic nitrogens is 3. The Bertz CT molecular complexity index is 1240. The summed E-state index contributed by atoms with van der Waals surface area (Å²) in [4.78, 5) is 14.0. The molecule has 0 saturated carbocycles. The molecule has 2 heterocycles. The number of thioether (sulfide) groups is 1. The fraction of sp³-hybridized carbons (Fsp3) is 0.440. The third-order valence-corrected chi connectivity index (χ3v) is 9.36. The Hall–Kier alpha value is -2.34. The van der Waals surface area contributed by atoms with Crippen LogP contribution in [0.15, 0.2) is 29.4 Å². The number of amides is 1. The average Bonchev–Trinajstić information content (AvgIpc) is 3.36. The van der Waals surface area contributed by atoms with Gasteiger partial charge in [-0.2, -0.15) is 5.26 Å². The van der Waals surface area contributed by atoms with Crippen LogP contribution < -0.4 is 5.32 Å². The Morgan fingerprint density at radius 1 is 1.35 bits per heavy atom. The van der Waals surface area contributed by atoms with Crippen molar-refractivity contribution in [3.63, 3.8) is 0 Å². The molecule has 0 aliphatic heterocycles. The van der Waals surface area contributed by atoms with E-state index in [0.29, 0.717) is 32.5 Å². The molecular formula is C25H28ClN5OS2. The van der Waals surface area contributed by atoms with Crippen molar-refractivity contribution in [2.45, 2.75) is 51.6 Å². The van der Waals surface area contributed by atoms with E-state index in [2.05, 4.69) is 42.4 Å². The van der Waals surface area contributed by atoms with Crippen molar-refractivity contribution in [3.05, 3.63) is 45.3 Å². The number of halogens is 1. The minimum atomic E-state index is -0.151. The number of nitrogens with zero attached hydrogens (tertiary/aromatic N) is 4. The topological polar surface area (TPSA) is 83.6 Å². The molecule has 2 aromatic heterocycles. The highest BCUT2D eigenvalue weighted by Crippen LogP contribution is 2.45. The number of carbonyl (C=O) groups is 1. The maximum atomic E-state index is 12.8. The Kier molecular flexibility index (Phi) is 7.36. The largest absolute Gasteiger partial charge is 0.316 e. The van der Waals surface area contributed by atoms with E-state index in [1.54, 1.807) is 11.3 Å². The summed E-state index contributed by atoms with van der Waals surface area (Å²) < 4.78 is 1.86. The molecule has 178 valence electrons. The van der Waals surface area contributed by atoms with Gasteiger partial charge in [-0.25, -0.2) is 0 Å². The van der Waals surface area contributed by atoms with Gasteiger partial charge in [-0.1, -0.05) is 50.6 Å². The van der Waals surface area contributed by atoms with Gasteiger partial charge in [0.1, 0.15) is 11.1 Å². The van der Waals surface area contributed by atoms with Crippen molar-refractivity contribution in [1.82, 2.24) is 14.8 Å². The van der Waals surface area contributed by atoms with Crippen LogP contribution in [0.4, 0.5) is 5.00 Å². The first-order chi connectivity index (χ1) is 16.2. The van der Waals surface area contributed by atoms with Crippen LogP contribution in [0.1, 0.15) is 49.6 Å². The van der Waals surface area contributed by atoms with Gasteiger partial charge in [-0.15, -0.1) is 21.5 Å². The van der Waals surface area contributed by atoms with Crippen LogP contribution >= 0.6 is 34.7 Å². The first kappa shape index (κ1) is 24.8. The lowest BCUT2D eigenvalue weighted by Gasteiger charge is -2.36. The van der Waals surface area contributed by atoms with Gasteiger partial charge in [-0.3, -0.25) is 4.79 Å². The molecule has 0 saturated heterocycles. The zero-order chi connectivity index (χ0) is 24.5. The molecule has 1 aliphatic carbocycles. The molecule has 0 radical (unpaired) electrons. The lowest BCUT2D eigenvalue weighted by Crippen LogP contribution is -2.28. The van der Waals surface area contributed by atoms with Gasteiger partial charge in [-0.05, 0) is 60.4 Å². The number of hydrogen-bond acceptors (Lipinski definition) is 6. The molecule has 1 aliphatic rings. The Balaban J connectivity index is 1.43. The average molecular weight is 514 g/mol. The summed E-state index contributed by atoms with van der Waals surface area (Å²) in [5.41, 5.74) is 2.94. The number of anilines is 1. The molecule has 4 rings (SSSR count). The Morgan fingerprint density at radius 2 is 2.09 bits per heavy atom. The van der Waals surface area contributed by atoms with Crippen LogP contribution in [0.25, 0.3) is 11.4 Å². The van der Waals surface area contributed by atoms with Crippen LogP contribution in [0, 0.1) is 22.7 Å². The van der Waals surface area contributed by atoms with E-state index >= 15 is 0 Å². The van der Waals surface area contributed by atoms with Gasteiger partial charge >= 0.3 is 0 Å². The lowest BCUT2D eigenvalue weighted by atomic mass is 9.69. The maximum absolute atomic E-state index is 12.8. The predicted octanol–water partition coefficient (Wildman–Crippen LogP) is 6.34. The van der Waals surface area contributed by atoms with Crippen molar-refractivity contribution in [2.24, 2.45) is 18.4 Å². The molecule has 0 bridgehead atoms. The fourth-order valence-corrected chi connectivity index (χ4v) is 6.46. The molecule has 1 amide bonds. The summed E-state index contributed by atoms with van der Waals surface area (Å²) in [5, 5.41) is 23.3. The maximum Gasteiger partial charge on any atom is 0.235 e. The number of benzene rings is 1. The van der Waals surface area contributed by atoms with Crippen molar-refractivity contribution in [3.8, 4) is 17.5 Å². The predicted molar refractivity (Wildman–Crippen MR) is 139 cm³/mol. The number of nitriles is 1. The van der Waals surface area contributed by atoms with Crippen LogP contribution in [0.3, 0.4) is 0 Å². The van der Waals surface area contributed by atoms with Crippen molar-refractivity contribution in [2.75, 3.05) is 11.1 Å². The van der Waals surface area contributed by atoms with Gasteiger partial charge in [0.05, 0.1) is 11.3 Å². The summed E-state index contributed by atoms with van der Waals surface area (Å²) in [6.45, 7) is 6.89. The molecule has 34 heavy (non-hydrogen) atoms. The van der Waals surface area contributed by atoms with Gasteiger partial charge in [0.25, 0.3) is 0 Å². The van der Waals surface area contributed by atoms with E-state index in [-0.39, 0.29) is 17.1 Å². The molecular weight excluding hydrogens is 486 g/mol. The lowest BCUT2D eigenvalue weighted by molar-refractivity contribution is -0.113. The zero-order valence-electron chi connectivity index (χ0n) is 19.8. The molecule has 1 unspecified atom stereocenters. The third-order valence-electron chi connectivity index (χ3n) is 6.92. The van der Waals surface area contributed by atoms with Crippen LogP contribution in [-0.2, 0) is 24.7 Å². The summed E-state index contributed by atoms with van der Waals surface area (Å²) in [5.74, 6) is 1.34. The fourth-order valence-electron chi connectivity index (χ4n) is 4.33. The minimum absolute atomic E-state index is 0.151. The molecule has 1 atom stereocenters. The second-order valence-electron chi connectivity index (χ2n) is 9.31. The highest BCUT2D eigenvalue weighted by atomic mass is 35.5. The molecule has 0 fully saturated rings. The number of carbonyl (C=O) groups excluding carboxylic acids is 1. The normalized spacial score (nSPS) is 15.6. The van der Waals surface area contributed by atoms with Crippen LogP contribution in [0.5, 0.6) is 0 Å². The molecule has 3 aromatic rings. The number of nitrogens with one attached hydrogen (secondary N) is 1. The SMILES string of the molecule is CCC(C)(C)C1CCc2c(sc(NC(=O)CSc3nnc(-c4ccc(Cl)cc4)n3C)c2C#N)C1. The van der Waals surface area contributed by atoms with E-state index in [1.807, 2.05) is 35.9 Å². The zero-order valence-corrected chi connectivity index (χ0v) is 22.2. The van der Waals surface area contributed by atoms with Gasteiger partial charge < -0.3 is 9.88 Å². The van der Waals surface area contributed by atoms with E-state index in [0.717, 1.165) is 36.8 Å². The van der Waals surface area contributed by atoms with Crippen molar-refractivity contribution in [1.29, 1.82) is 5.26 Å². The van der Waals surface area contributed by atoms with Crippen molar-refractivity contribution < 1.29 is 4.79 Å². The summed E-state index contributed by atoms with van der Waals surface area (Å²) in [6, 6.07) is 9.74. The third kappa shape index (κ3) is 5.02. The smallest absolute Gasteiger partial charge is 0.235 e. The molecule has 0 spiro atoms. The standard InChI is InChI=1S/C25H28ClN5OS2/c1-5-25(2,3)16-8-11-18-19(13-27)23(34-20(18)12-16)28-21(32)14-33-24-30-29-22(31(24)4)15-6-9-17(26)10-7-15/h6-7,9-10,16H,5,8,11-12,14H2,1-4H3,(H,28,32). The molecule has 1 aromatic carbocycles. The van der Waals surface area contributed by atoms with Gasteiger partial charge in [0.15, 0.2) is 11.0 Å². The quantitative estimate of drug-likeness (QED) is 0.372. The first-order valence-electron chi connectivity index (χ1n) is 11.4. The Labute approximate surface area is 213 Å². The highest BCUT2D eigenvalue weighted by Gasteiger charge is 2.34. The summed E-state index contributed by atoms with van der Waals surface area (Å²) >= 11 is 8.86. The van der Waals surface area contributed by atoms with E-state index in [4.69, 9.17) is 11.6 Å². The van der Waals surface area contributed by atoms with E-state index in [1.165, 1.54) is 16.6 Å². The first-order valence-corrected chi connectivity index (χ1v) is 13.5. The van der Waals surface area contributed by atoms with Crippen molar-refractivity contribution >= 4 is 45.6 Å². The number of fused-ring (bicyclic) bond motifs is 1. The van der Waals surface area contributed by atoms with E-state index < -0.39 is 0 Å². The summed E-state index contributed by atoms with van der Waals surface area (Å²) in [7, 11) is 1.87. The minimum Gasteiger partial charge on any atom is -0.316 e. The number of thiophene rings is 1. The second-order valence-corrected chi connectivity index (χ2v) is 11.8. The monoisotopic (exact) mass is 513 g/mol. The molecule has 1 N–H and O–H groups in total. The van der Waals surface area contributed by atoms with Crippen LogP contribution in [0.2, 0.25) is 5.02 Å². The second kappa shape index (κ2) is 10.1. The number of hydrogen-bond donors (Lipinski definition) is 1. The van der Waals surface area contributed by atoms with Gasteiger partial charge in [0.2, 0.25) is 5.91 Å². The Morgan fingerprint density at radius 3 is 2.76 bits per heavy atom. The van der Waals surface area contributed by atoms with Gasteiger partial charge in [0, 0.05) is 22.5 Å². The molecule has 9 heteroatoms. The highest BCUT2D eigenvalue weighted by molar-refractivity contribution is 7.99. The summed E-state index contributed by atoms with van der Waals surface area (Å²) in [6.07, 6.45) is 4.10. The molecule has 6 nitrogen and oxygen atoms in total.